The lowest BCUT2D eigenvalue weighted by Crippen LogP contribution is -2.26. The summed E-state index contributed by atoms with van der Waals surface area (Å²) in [7, 11) is 1.87. The van der Waals surface area contributed by atoms with Crippen molar-refractivity contribution in [2.24, 2.45) is 0 Å². The predicted molar refractivity (Wildman–Crippen MR) is 70.9 cm³/mol. The molecular weight excluding hydrogens is 218 g/mol. The van der Waals surface area contributed by atoms with E-state index in [4.69, 9.17) is 0 Å². The Balaban J connectivity index is 2.77. The van der Waals surface area contributed by atoms with Gasteiger partial charge in [0, 0.05) is 10.1 Å². The fourth-order valence-corrected chi connectivity index (χ4v) is 2.55. The number of hydrogen-bond acceptors (Lipinski definition) is 3. The Morgan fingerprint density at radius 3 is 2.06 bits per heavy atom. The molecule has 2 nitrogen and oxygen atoms in total. The minimum Gasteiger partial charge on any atom is -0.391 e. The fourth-order valence-electron chi connectivity index (χ4n) is 1.71. The van der Waals surface area contributed by atoms with Gasteiger partial charge < -0.3 is 10.4 Å². The Labute approximate surface area is 102 Å². The van der Waals surface area contributed by atoms with Crippen LogP contribution in [-0.2, 0) is 0 Å². The first kappa shape index (κ1) is 13.6. The van der Waals surface area contributed by atoms with E-state index in [1.165, 1.54) is 4.90 Å². The van der Waals surface area contributed by atoms with Gasteiger partial charge in [0.1, 0.15) is 0 Å². The molecule has 0 radical (unpaired) electrons. The molecule has 0 spiro atoms. The molecule has 2 N–H and O–H groups in total. The SMILES string of the molecule is CNC(c1ccc(SC(C)C)cc1)C(C)O. The first-order valence-corrected chi connectivity index (χ1v) is 6.54. The van der Waals surface area contributed by atoms with Crippen molar-refractivity contribution in [1.29, 1.82) is 0 Å². The van der Waals surface area contributed by atoms with Crippen LogP contribution in [0.5, 0.6) is 0 Å². The second-order valence-corrected chi connectivity index (χ2v) is 5.89. The van der Waals surface area contributed by atoms with Crippen molar-refractivity contribution >= 4 is 11.8 Å². The van der Waals surface area contributed by atoms with Crippen molar-refractivity contribution in [2.45, 2.75) is 43.1 Å². The summed E-state index contributed by atoms with van der Waals surface area (Å²) >= 11 is 1.85. The number of aliphatic hydroxyl groups is 1. The summed E-state index contributed by atoms with van der Waals surface area (Å²) in [6.07, 6.45) is -0.381. The molecule has 0 saturated carbocycles. The van der Waals surface area contributed by atoms with E-state index in [0.29, 0.717) is 5.25 Å². The van der Waals surface area contributed by atoms with Crippen molar-refractivity contribution < 1.29 is 5.11 Å². The van der Waals surface area contributed by atoms with Crippen LogP contribution in [0.25, 0.3) is 0 Å². The van der Waals surface area contributed by atoms with E-state index in [1.807, 2.05) is 18.8 Å². The summed E-state index contributed by atoms with van der Waals surface area (Å²) in [6, 6.07) is 8.41. The monoisotopic (exact) mass is 239 g/mol. The van der Waals surface area contributed by atoms with E-state index in [-0.39, 0.29) is 12.1 Å². The van der Waals surface area contributed by atoms with Crippen molar-refractivity contribution in [2.75, 3.05) is 7.05 Å². The van der Waals surface area contributed by atoms with Crippen LogP contribution >= 0.6 is 11.8 Å². The van der Waals surface area contributed by atoms with Gasteiger partial charge in [-0.15, -0.1) is 11.8 Å². The molecule has 1 rings (SSSR count). The standard InChI is InChI=1S/C13H21NOS/c1-9(2)16-12-7-5-11(6-8-12)13(14-4)10(3)15/h5-10,13-15H,1-4H3. The summed E-state index contributed by atoms with van der Waals surface area (Å²) in [6.45, 7) is 6.17. The highest BCUT2D eigenvalue weighted by Crippen LogP contribution is 2.25. The number of hydrogen-bond donors (Lipinski definition) is 2. The molecule has 1 aromatic rings. The fraction of sp³-hybridized carbons (Fsp3) is 0.538. The second kappa shape index (κ2) is 6.28. The Bertz CT molecular complexity index is 308. The molecule has 2 atom stereocenters. The molecule has 2 unspecified atom stereocenters. The maximum atomic E-state index is 9.61. The minimum atomic E-state index is -0.381. The molecule has 90 valence electrons. The van der Waals surface area contributed by atoms with Crippen LogP contribution in [0.4, 0.5) is 0 Å². The normalized spacial score (nSPS) is 15.1. The number of likely N-dealkylation sites (N-methyl/N-ethyl adjacent to an activating group) is 1. The van der Waals surface area contributed by atoms with Crippen LogP contribution in [-0.4, -0.2) is 23.5 Å². The summed E-state index contributed by atoms with van der Waals surface area (Å²) in [4.78, 5) is 1.28. The van der Waals surface area contributed by atoms with Crippen molar-refractivity contribution in [3.05, 3.63) is 29.8 Å². The zero-order valence-electron chi connectivity index (χ0n) is 10.4. The van der Waals surface area contributed by atoms with Gasteiger partial charge in [0.05, 0.1) is 12.1 Å². The molecule has 0 fully saturated rings. The van der Waals surface area contributed by atoms with E-state index in [2.05, 4.69) is 43.4 Å². The second-order valence-electron chi connectivity index (χ2n) is 4.24. The third-order valence-corrected chi connectivity index (χ3v) is 3.42. The number of rotatable bonds is 5. The quantitative estimate of drug-likeness (QED) is 0.775. The van der Waals surface area contributed by atoms with Crippen LogP contribution in [0.15, 0.2) is 29.2 Å². The van der Waals surface area contributed by atoms with Gasteiger partial charge in [0.15, 0.2) is 0 Å². The van der Waals surface area contributed by atoms with E-state index in [1.54, 1.807) is 6.92 Å². The van der Waals surface area contributed by atoms with Gasteiger partial charge in [-0.25, -0.2) is 0 Å². The van der Waals surface area contributed by atoms with Gasteiger partial charge in [-0.1, -0.05) is 26.0 Å². The van der Waals surface area contributed by atoms with Crippen LogP contribution in [0.3, 0.4) is 0 Å². The molecule has 0 aliphatic heterocycles. The molecular formula is C13H21NOS. The highest BCUT2D eigenvalue weighted by molar-refractivity contribution is 7.99. The predicted octanol–water partition coefficient (Wildman–Crippen LogP) is 2.83. The minimum absolute atomic E-state index is 0.0121. The molecule has 3 heteroatoms. The van der Waals surface area contributed by atoms with Gasteiger partial charge in [-0.05, 0) is 31.7 Å². The Hall–Kier alpha value is -0.510. The molecule has 16 heavy (non-hydrogen) atoms. The van der Waals surface area contributed by atoms with Crippen LogP contribution < -0.4 is 5.32 Å². The van der Waals surface area contributed by atoms with E-state index < -0.39 is 0 Å². The first-order valence-electron chi connectivity index (χ1n) is 5.66. The average Bonchev–Trinajstić information content (AvgIpc) is 2.20. The van der Waals surface area contributed by atoms with Gasteiger partial charge in [0.2, 0.25) is 0 Å². The van der Waals surface area contributed by atoms with E-state index >= 15 is 0 Å². The maximum Gasteiger partial charge on any atom is 0.0706 e. The zero-order chi connectivity index (χ0) is 12.1. The van der Waals surface area contributed by atoms with Crippen LogP contribution in [0, 0.1) is 0 Å². The third-order valence-electron chi connectivity index (χ3n) is 2.40. The number of nitrogens with one attached hydrogen (secondary N) is 1. The molecule has 0 heterocycles. The van der Waals surface area contributed by atoms with Gasteiger partial charge >= 0.3 is 0 Å². The van der Waals surface area contributed by atoms with Crippen LogP contribution in [0.1, 0.15) is 32.4 Å². The number of aliphatic hydroxyl groups excluding tert-OH is 1. The van der Waals surface area contributed by atoms with Crippen molar-refractivity contribution in [3.8, 4) is 0 Å². The lowest BCUT2D eigenvalue weighted by atomic mass is 10.0. The molecule has 0 bridgehead atoms. The average molecular weight is 239 g/mol. The molecule has 0 aliphatic rings. The lowest BCUT2D eigenvalue weighted by Gasteiger charge is -2.19. The van der Waals surface area contributed by atoms with Gasteiger partial charge in [-0.3, -0.25) is 0 Å². The number of thioether (sulfide) groups is 1. The highest BCUT2D eigenvalue weighted by Gasteiger charge is 2.14. The highest BCUT2D eigenvalue weighted by atomic mass is 32.2. The third kappa shape index (κ3) is 3.81. The Morgan fingerprint density at radius 1 is 1.12 bits per heavy atom. The molecule has 0 amide bonds. The zero-order valence-corrected chi connectivity index (χ0v) is 11.2. The first-order chi connectivity index (χ1) is 7.54. The summed E-state index contributed by atoms with van der Waals surface area (Å²) < 4.78 is 0. The molecule has 0 saturated heterocycles. The number of benzene rings is 1. The summed E-state index contributed by atoms with van der Waals surface area (Å²) in [5, 5.41) is 13.3. The van der Waals surface area contributed by atoms with Crippen molar-refractivity contribution in [1.82, 2.24) is 5.32 Å². The Morgan fingerprint density at radius 2 is 1.69 bits per heavy atom. The lowest BCUT2D eigenvalue weighted by molar-refractivity contribution is 0.150. The summed E-state index contributed by atoms with van der Waals surface area (Å²) in [5.41, 5.74) is 1.13. The van der Waals surface area contributed by atoms with E-state index in [9.17, 15) is 5.11 Å². The molecule has 0 aromatic heterocycles. The largest absolute Gasteiger partial charge is 0.391 e. The Kier molecular flexibility index (Phi) is 5.32. The summed E-state index contributed by atoms with van der Waals surface area (Å²) in [5.74, 6) is 0. The molecule has 1 aromatic carbocycles. The van der Waals surface area contributed by atoms with Crippen LogP contribution in [0.2, 0.25) is 0 Å². The van der Waals surface area contributed by atoms with Gasteiger partial charge in [-0.2, -0.15) is 0 Å². The van der Waals surface area contributed by atoms with Gasteiger partial charge in [0.25, 0.3) is 0 Å². The maximum absolute atomic E-state index is 9.61. The van der Waals surface area contributed by atoms with E-state index in [0.717, 1.165) is 5.56 Å². The molecule has 0 aliphatic carbocycles. The smallest absolute Gasteiger partial charge is 0.0706 e. The van der Waals surface area contributed by atoms with Crippen molar-refractivity contribution in [3.63, 3.8) is 0 Å². The topological polar surface area (TPSA) is 32.3 Å².